The lowest BCUT2D eigenvalue weighted by molar-refractivity contribution is 0.112. The van der Waals surface area contributed by atoms with Gasteiger partial charge in [0, 0.05) is 25.8 Å². The van der Waals surface area contributed by atoms with Gasteiger partial charge in [0.25, 0.3) is 0 Å². The first-order valence-corrected chi connectivity index (χ1v) is 7.07. The number of piperidine rings is 1. The molecule has 1 unspecified atom stereocenters. The number of hydrogen-bond acceptors (Lipinski definition) is 3. The molecule has 3 nitrogen and oxygen atoms in total. The Balaban J connectivity index is 1.61. The summed E-state index contributed by atoms with van der Waals surface area (Å²) in [4.78, 5) is 9.53. The number of hydrogen-bond donors (Lipinski definition) is 0. The van der Waals surface area contributed by atoms with Gasteiger partial charge in [0.1, 0.15) is 0 Å². The van der Waals surface area contributed by atoms with Crippen molar-refractivity contribution in [3.05, 3.63) is 30.1 Å². The zero-order valence-electron chi connectivity index (χ0n) is 11.3. The van der Waals surface area contributed by atoms with Gasteiger partial charge in [-0.15, -0.1) is 0 Å². The van der Waals surface area contributed by atoms with E-state index >= 15 is 0 Å². The van der Waals surface area contributed by atoms with Crippen LogP contribution in [-0.2, 0) is 6.54 Å². The Labute approximate surface area is 110 Å². The molecule has 2 aliphatic heterocycles. The van der Waals surface area contributed by atoms with Crippen molar-refractivity contribution in [2.24, 2.45) is 5.41 Å². The van der Waals surface area contributed by atoms with Gasteiger partial charge < -0.3 is 4.90 Å². The highest BCUT2D eigenvalue weighted by molar-refractivity contribution is 5.04. The van der Waals surface area contributed by atoms with Crippen LogP contribution in [0.4, 0.5) is 0 Å². The molecule has 0 amide bonds. The second-order valence-electron chi connectivity index (χ2n) is 6.12. The molecule has 0 N–H and O–H groups in total. The summed E-state index contributed by atoms with van der Waals surface area (Å²) in [5, 5.41) is 0. The summed E-state index contributed by atoms with van der Waals surface area (Å²) in [7, 11) is 2.27. The normalized spacial score (nSPS) is 30.1. The number of likely N-dealkylation sites (tertiary alicyclic amines) is 2. The van der Waals surface area contributed by atoms with Crippen molar-refractivity contribution in [1.29, 1.82) is 0 Å². The van der Waals surface area contributed by atoms with E-state index in [1.54, 1.807) is 0 Å². The van der Waals surface area contributed by atoms with Gasteiger partial charge >= 0.3 is 0 Å². The summed E-state index contributed by atoms with van der Waals surface area (Å²) < 4.78 is 0. The fraction of sp³-hybridized carbons (Fsp3) is 0.667. The van der Waals surface area contributed by atoms with Crippen molar-refractivity contribution < 1.29 is 0 Å². The summed E-state index contributed by atoms with van der Waals surface area (Å²) in [6.45, 7) is 6.08. The summed E-state index contributed by atoms with van der Waals surface area (Å²) in [6.07, 6.45) is 6.05. The summed E-state index contributed by atoms with van der Waals surface area (Å²) in [5.74, 6) is 0. The monoisotopic (exact) mass is 245 g/mol. The Morgan fingerprint density at radius 1 is 1.22 bits per heavy atom. The van der Waals surface area contributed by atoms with Crippen molar-refractivity contribution in [3.8, 4) is 0 Å². The molecule has 0 radical (unpaired) electrons. The van der Waals surface area contributed by atoms with Crippen LogP contribution in [0.25, 0.3) is 0 Å². The fourth-order valence-electron chi connectivity index (χ4n) is 3.67. The van der Waals surface area contributed by atoms with E-state index in [4.69, 9.17) is 0 Å². The van der Waals surface area contributed by atoms with Crippen LogP contribution in [0.15, 0.2) is 24.4 Å². The average Bonchev–Trinajstić information content (AvgIpc) is 2.73. The van der Waals surface area contributed by atoms with Crippen molar-refractivity contribution in [2.75, 3.05) is 33.2 Å². The van der Waals surface area contributed by atoms with Crippen LogP contribution >= 0.6 is 0 Å². The second-order valence-corrected chi connectivity index (χ2v) is 6.12. The molecule has 98 valence electrons. The predicted octanol–water partition coefficient (Wildman–Crippen LogP) is 2.00. The minimum atomic E-state index is 0.571. The lowest BCUT2D eigenvalue weighted by Crippen LogP contribution is -2.42. The Morgan fingerprint density at radius 3 is 2.94 bits per heavy atom. The van der Waals surface area contributed by atoms with Crippen molar-refractivity contribution in [2.45, 2.75) is 25.8 Å². The van der Waals surface area contributed by atoms with E-state index in [1.807, 2.05) is 12.3 Å². The van der Waals surface area contributed by atoms with E-state index < -0.39 is 0 Å². The third-order valence-electron chi connectivity index (χ3n) is 4.48. The molecule has 2 saturated heterocycles. The summed E-state index contributed by atoms with van der Waals surface area (Å²) >= 11 is 0. The minimum absolute atomic E-state index is 0.571. The molecule has 1 spiro atoms. The van der Waals surface area contributed by atoms with E-state index in [-0.39, 0.29) is 0 Å². The van der Waals surface area contributed by atoms with Crippen LogP contribution in [0.2, 0.25) is 0 Å². The predicted molar refractivity (Wildman–Crippen MR) is 73.3 cm³/mol. The van der Waals surface area contributed by atoms with E-state index in [1.165, 1.54) is 51.1 Å². The number of nitrogens with zero attached hydrogens (tertiary/aromatic N) is 3. The Morgan fingerprint density at radius 2 is 2.17 bits per heavy atom. The van der Waals surface area contributed by atoms with Gasteiger partial charge in [-0.2, -0.15) is 0 Å². The topological polar surface area (TPSA) is 19.4 Å². The molecule has 0 bridgehead atoms. The number of aromatic nitrogens is 1. The molecule has 0 saturated carbocycles. The first-order valence-electron chi connectivity index (χ1n) is 7.07. The van der Waals surface area contributed by atoms with Crippen LogP contribution in [-0.4, -0.2) is 48.0 Å². The third kappa shape index (κ3) is 2.57. The zero-order valence-corrected chi connectivity index (χ0v) is 11.3. The van der Waals surface area contributed by atoms with Gasteiger partial charge in [0.15, 0.2) is 0 Å². The van der Waals surface area contributed by atoms with Crippen molar-refractivity contribution in [1.82, 2.24) is 14.8 Å². The van der Waals surface area contributed by atoms with Gasteiger partial charge in [0.05, 0.1) is 5.69 Å². The lowest BCUT2D eigenvalue weighted by Gasteiger charge is -2.38. The van der Waals surface area contributed by atoms with E-state index in [0.717, 1.165) is 6.54 Å². The molecule has 2 fully saturated rings. The fourth-order valence-corrected chi connectivity index (χ4v) is 3.67. The Hall–Kier alpha value is -0.930. The van der Waals surface area contributed by atoms with Crippen LogP contribution in [0.5, 0.6) is 0 Å². The minimum Gasteiger partial charge on any atom is -0.306 e. The van der Waals surface area contributed by atoms with Crippen LogP contribution < -0.4 is 0 Å². The van der Waals surface area contributed by atoms with E-state index in [9.17, 15) is 0 Å². The molecule has 0 aromatic carbocycles. The van der Waals surface area contributed by atoms with Gasteiger partial charge in [0.2, 0.25) is 0 Å². The van der Waals surface area contributed by atoms with E-state index in [0.29, 0.717) is 5.41 Å². The highest BCUT2D eigenvalue weighted by Crippen LogP contribution is 2.38. The molecule has 3 heterocycles. The molecular formula is C15H23N3. The molecule has 1 atom stereocenters. The zero-order chi connectivity index (χ0) is 12.4. The molecule has 3 heteroatoms. The van der Waals surface area contributed by atoms with E-state index in [2.05, 4.69) is 34.0 Å². The second kappa shape index (κ2) is 4.98. The lowest BCUT2D eigenvalue weighted by atomic mass is 9.79. The molecule has 0 aliphatic carbocycles. The third-order valence-corrected chi connectivity index (χ3v) is 4.48. The number of pyridine rings is 1. The quantitative estimate of drug-likeness (QED) is 0.794. The highest BCUT2D eigenvalue weighted by Gasteiger charge is 2.40. The SMILES string of the molecule is CN1CCCC2(CCN(Cc3ccccn3)C2)C1. The molecule has 1 aromatic heterocycles. The van der Waals surface area contributed by atoms with Crippen molar-refractivity contribution >= 4 is 0 Å². The summed E-state index contributed by atoms with van der Waals surface area (Å²) in [6, 6.07) is 6.21. The molecule has 18 heavy (non-hydrogen) atoms. The van der Waals surface area contributed by atoms with Gasteiger partial charge in [-0.05, 0) is 56.9 Å². The first-order chi connectivity index (χ1) is 8.76. The van der Waals surface area contributed by atoms with Gasteiger partial charge in [-0.25, -0.2) is 0 Å². The van der Waals surface area contributed by atoms with Gasteiger partial charge in [-0.1, -0.05) is 6.07 Å². The maximum absolute atomic E-state index is 4.44. The number of rotatable bonds is 2. The molecule has 1 aromatic rings. The van der Waals surface area contributed by atoms with Crippen LogP contribution in [0, 0.1) is 5.41 Å². The molecular weight excluding hydrogens is 222 g/mol. The van der Waals surface area contributed by atoms with Gasteiger partial charge in [-0.3, -0.25) is 9.88 Å². The maximum Gasteiger partial charge on any atom is 0.0543 e. The molecule has 2 aliphatic rings. The Kier molecular flexibility index (Phi) is 3.35. The highest BCUT2D eigenvalue weighted by atomic mass is 15.2. The van der Waals surface area contributed by atoms with Crippen LogP contribution in [0.1, 0.15) is 25.0 Å². The smallest absolute Gasteiger partial charge is 0.0543 e. The Bertz CT molecular complexity index is 392. The maximum atomic E-state index is 4.44. The standard InChI is InChI=1S/C15H23N3/c1-17-9-4-6-15(12-17)7-10-18(13-15)11-14-5-2-3-8-16-14/h2-3,5,8H,4,6-7,9-13H2,1H3. The first kappa shape index (κ1) is 12.1. The summed E-state index contributed by atoms with van der Waals surface area (Å²) in [5.41, 5.74) is 1.78. The van der Waals surface area contributed by atoms with Crippen LogP contribution in [0.3, 0.4) is 0 Å². The molecule has 3 rings (SSSR count). The van der Waals surface area contributed by atoms with Crippen molar-refractivity contribution in [3.63, 3.8) is 0 Å². The largest absolute Gasteiger partial charge is 0.306 e. The average molecular weight is 245 g/mol.